The first kappa shape index (κ1) is 24.1. The first-order chi connectivity index (χ1) is 20.7. The van der Waals surface area contributed by atoms with E-state index in [1.54, 1.807) is 7.05 Å². The van der Waals surface area contributed by atoms with Gasteiger partial charge in [-0.1, -0.05) is 91.0 Å². The quantitative estimate of drug-likeness (QED) is 0.173. The van der Waals surface area contributed by atoms with E-state index in [9.17, 15) is 0 Å². The van der Waals surface area contributed by atoms with Crippen LogP contribution in [0.1, 0.15) is 5.56 Å². The molecule has 0 unspecified atom stereocenters. The molecule has 0 atom stereocenters. The van der Waals surface area contributed by atoms with Gasteiger partial charge in [-0.2, -0.15) is 0 Å². The molecule has 200 valence electrons. The molecule has 3 heterocycles. The molecule has 0 fully saturated rings. The van der Waals surface area contributed by atoms with Crippen LogP contribution in [0.2, 0.25) is 0 Å². The van der Waals surface area contributed by atoms with Gasteiger partial charge in [-0.05, 0) is 42.5 Å². The Morgan fingerprint density at radius 3 is 1.86 bits per heavy atom. The van der Waals surface area contributed by atoms with Crippen LogP contribution in [0.15, 0.2) is 133 Å². The Hall–Kier alpha value is -5.68. The first-order valence-electron chi connectivity index (χ1n) is 14.1. The van der Waals surface area contributed by atoms with Gasteiger partial charge in [0.25, 0.3) is 0 Å². The Labute approximate surface area is 242 Å². The molecule has 0 radical (unpaired) electrons. The van der Waals surface area contributed by atoms with Crippen molar-refractivity contribution in [2.75, 3.05) is 7.05 Å². The highest BCUT2D eigenvalue weighted by Gasteiger charge is 2.25. The average molecular weight is 542 g/mol. The Morgan fingerprint density at radius 2 is 1.19 bits per heavy atom. The molecule has 5 heteroatoms. The van der Waals surface area contributed by atoms with Crippen LogP contribution < -0.4 is 5.32 Å². The van der Waals surface area contributed by atoms with E-state index < -0.39 is 0 Å². The van der Waals surface area contributed by atoms with Gasteiger partial charge >= 0.3 is 0 Å². The van der Waals surface area contributed by atoms with E-state index in [1.165, 1.54) is 0 Å². The predicted molar refractivity (Wildman–Crippen MR) is 174 cm³/mol. The van der Waals surface area contributed by atoms with Gasteiger partial charge in [0, 0.05) is 45.7 Å². The smallest absolute Gasteiger partial charge is 0.148 e. The van der Waals surface area contributed by atoms with Crippen molar-refractivity contribution in [1.29, 1.82) is 5.41 Å². The van der Waals surface area contributed by atoms with Gasteiger partial charge in [0.15, 0.2) is 0 Å². The summed E-state index contributed by atoms with van der Waals surface area (Å²) in [6.07, 6.45) is 0. The number of aromatic nitrogens is 3. The second kappa shape index (κ2) is 9.46. The summed E-state index contributed by atoms with van der Waals surface area (Å²) in [6.45, 7) is 0. The van der Waals surface area contributed by atoms with E-state index in [0.717, 1.165) is 71.9 Å². The molecule has 5 aromatic carbocycles. The van der Waals surface area contributed by atoms with Gasteiger partial charge in [0.2, 0.25) is 0 Å². The van der Waals surface area contributed by atoms with Crippen LogP contribution >= 0.6 is 0 Å². The fourth-order valence-electron chi connectivity index (χ4n) is 6.30. The Balaban J connectivity index is 1.65. The van der Waals surface area contributed by atoms with E-state index >= 15 is 0 Å². The van der Waals surface area contributed by atoms with Crippen molar-refractivity contribution in [3.05, 3.63) is 139 Å². The van der Waals surface area contributed by atoms with Gasteiger partial charge in [0.05, 0.1) is 27.6 Å². The lowest BCUT2D eigenvalue weighted by Gasteiger charge is -2.12. The summed E-state index contributed by atoms with van der Waals surface area (Å²) in [5.41, 5.74) is 9.13. The average Bonchev–Trinajstić information content (AvgIpc) is 3.58. The maximum Gasteiger partial charge on any atom is 0.148 e. The van der Waals surface area contributed by atoms with E-state index in [2.05, 4.69) is 130 Å². The standard InChI is InChI=1S/C37H27N5/c1-39-36(38)25-14-12-13-24(23-25)34-32-28-19-8-10-21-30(28)41(26-15-4-2-5-16-26)35(32)33-29-20-9-11-22-31(29)42(37(33)40-34)27-17-6-3-7-18-27/h2-23H,1H3,(H2,38,39). The molecule has 0 spiro atoms. The third kappa shape index (κ3) is 3.50. The number of hydrogen-bond acceptors (Lipinski definition) is 2. The van der Waals surface area contributed by atoms with Crippen LogP contribution in [0.4, 0.5) is 0 Å². The molecule has 0 saturated carbocycles. The number of para-hydroxylation sites is 4. The Bertz CT molecular complexity index is 2290. The number of pyridine rings is 1. The molecule has 2 N–H and O–H groups in total. The Morgan fingerprint density at radius 1 is 0.619 bits per heavy atom. The summed E-state index contributed by atoms with van der Waals surface area (Å²) >= 11 is 0. The molecule has 0 amide bonds. The zero-order valence-corrected chi connectivity index (χ0v) is 23.0. The number of nitrogens with one attached hydrogen (secondary N) is 2. The highest BCUT2D eigenvalue weighted by Crippen LogP contribution is 2.44. The number of fused-ring (bicyclic) bond motifs is 7. The third-order valence-electron chi connectivity index (χ3n) is 8.12. The molecule has 0 aliphatic rings. The summed E-state index contributed by atoms with van der Waals surface area (Å²) in [4.78, 5) is 5.53. The highest BCUT2D eigenvalue weighted by atomic mass is 15.1. The minimum absolute atomic E-state index is 0.374. The van der Waals surface area contributed by atoms with Crippen molar-refractivity contribution < 1.29 is 0 Å². The molecule has 0 aliphatic carbocycles. The van der Waals surface area contributed by atoms with Crippen LogP contribution in [0.25, 0.3) is 66.4 Å². The van der Waals surface area contributed by atoms with E-state index in [1.807, 2.05) is 18.2 Å². The molecule has 0 bridgehead atoms. The topological polar surface area (TPSA) is 58.6 Å². The lowest BCUT2D eigenvalue weighted by atomic mass is 10.0. The molecule has 42 heavy (non-hydrogen) atoms. The van der Waals surface area contributed by atoms with Crippen LogP contribution in [-0.4, -0.2) is 27.0 Å². The van der Waals surface area contributed by atoms with Gasteiger partial charge in [-0.25, -0.2) is 4.98 Å². The lowest BCUT2D eigenvalue weighted by molar-refractivity contribution is 1.13. The summed E-state index contributed by atoms with van der Waals surface area (Å²) in [7, 11) is 1.78. The van der Waals surface area contributed by atoms with Crippen molar-refractivity contribution in [2.45, 2.75) is 0 Å². The molecule has 0 aliphatic heterocycles. The third-order valence-corrected chi connectivity index (χ3v) is 8.12. The molecule has 0 saturated heterocycles. The van der Waals surface area contributed by atoms with Crippen LogP contribution in [0.3, 0.4) is 0 Å². The highest BCUT2D eigenvalue weighted by molar-refractivity contribution is 6.28. The van der Waals surface area contributed by atoms with Crippen molar-refractivity contribution in [1.82, 2.24) is 19.4 Å². The monoisotopic (exact) mass is 541 g/mol. The second-order valence-corrected chi connectivity index (χ2v) is 10.5. The number of rotatable bonds is 4. The van der Waals surface area contributed by atoms with Crippen LogP contribution in [0.5, 0.6) is 0 Å². The second-order valence-electron chi connectivity index (χ2n) is 10.5. The zero-order valence-electron chi connectivity index (χ0n) is 23.0. The van der Waals surface area contributed by atoms with Crippen molar-refractivity contribution >= 4 is 49.6 Å². The fraction of sp³-hybridized carbons (Fsp3) is 0.0270. The molecule has 8 aromatic rings. The molecule has 5 nitrogen and oxygen atoms in total. The Kier molecular flexibility index (Phi) is 5.44. The van der Waals surface area contributed by atoms with Gasteiger partial charge < -0.3 is 9.88 Å². The van der Waals surface area contributed by atoms with Crippen LogP contribution in [-0.2, 0) is 0 Å². The molecular formula is C37H27N5. The molecular weight excluding hydrogens is 514 g/mol. The molecule has 8 rings (SSSR count). The maximum absolute atomic E-state index is 8.46. The predicted octanol–water partition coefficient (Wildman–Crippen LogP) is 8.49. The van der Waals surface area contributed by atoms with E-state index in [4.69, 9.17) is 10.4 Å². The van der Waals surface area contributed by atoms with Crippen molar-refractivity contribution in [2.24, 2.45) is 0 Å². The van der Waals surface area contributed by atoms with Crippen molar-refractivity contribution in [3.63, 3.8) is 0 Å². The number of hydrogen-bond donors (Lipinski definition) is 2. The fourth-order valence-corrected chi connectivity index (χ4v) is 6.30. The van der Waals surface area contributed by atoms with E-state index in [-0.39, 0.29) is 0 Å². The zero-order chi connectivity index (χ0) is 28.2. The number of benzene rings is 5. The van der Waals surface area contributed by atoms with Gasteiger partial charge in [0.1, 0.15) is 11.5 Å². The summed E-state index contributed by atoms with van der Waals surface area (Å²) in [6, 6.07) is 46.4. The summed E-state index contributed by atoms with van der Waals surface area (Å²) in [5, 5.41) is 16.0. The lowest BCUT2D eigenvalue weighted by Crippen LogP contribution is -2.17. The minimum Gasteiger partial charge on any atom is -0.373 e. The maximum atomic E-state index is 8.46. The van der Waals surface area contributed by atoms with Crippen molar-refractivity contribution in [3.8, 4) is 22.6 Å². The minimum atomic E-state index is 0.374. The SMILES string of the molecule is CNC(=N)c1cccc(-c2nc3c(c4ccccc4n3-c3ccccc3)c3c2c2ccccc2n3-c2ccccc2)c1. The number of nitrogens with zero attached hydrogens (tertiary/aromatic N) is 3. The largest absolute Gasteiger partial charge is 0.373 e. The first-order valence-corrected chi connectivity index (χ1v) is 14.1. The summed E-state index contributed by atoms with van der Waals surface area (Å²) in [5.74, 6) is 0.374. The van der Waals surface area contributed by atoms with Crippen LogP contribution in [0, 0.1) is 5.41 Å². The molecule has 3 aromatic heterocycles. The summed E-state index contributed by atoms with van der Waals surface area (Å²) < 4.78 is 4.67. The van der Waals surface area contributed by atoms with E-state index in [0.29, 0.717) is 5.84 Å². The number of amidine groups is 1. The normalized spacial score (nSPS) is 11.5. The van der Waals surface area contributed by atoms with Gasteiger partial charge in [-0.15, -0.1) is 0 Å². The van der Waals surface area contributed by atoms with Gasteiger partial charge in [-0.3, -0.25) is 9.98 Å².